The van der Waals surface area contributed by atoms with Gasteiger partial charge >= 0.3 is 0 Å². The van der Waals surface area contributed by atoms with Gasteiger partial charge in [0.1, 0.15) is 18.2 Å². The zero-order chi connectivity index (χ0) is 19.9. The molecule has 3 heterocycles. The number of dihydropyridines is 1. The predicted octanol–water partition coefficient (Wildman–Crippen LogP) is 2.08. The summed E-state index contributed by atoms with van der Waals surface area (Å²) in [6, 6.07) is 2.24. The van der Waals surface area contributed by atoms with Crippen molar-refractivity contribution in [3.05, 3.63) is 46.0 Å². The second kappa shape index (κ2) is 9.48. The number of nitriles is 1. The van der Waals surface area contributed by atoms with E-state index in [1.54, 1.807) is 17.3 Å². The van der Waals surface area contributed by atoms with E-state index in [-0.39, 0.29) is 12.5 Å². The molecule has 0 radical (unpaired) electrons. The van der Waals surface area contributed by atoms with E-state index in [0.29, 0.717) is 49.2 Å². The third-order valence-corrected chi connectivity index (χ3v) is 5.01. The first kappa shape index (κ1) is 20.0. The third kappa shape index (κ3) is 4.77. The lowest BCUT2D eigenvalue weighted by atomic mass is 10.1. The van der Waals surface area contributed by atoms with Crippen molar-refractivity contribution >= 4 is 33.4 Å². The van der Waals surface area contributed by atoms with Crippen LogP contribution < -0.4 is 10.6 Å². The number of carbonyl (C=O) groups is 1. The number of anilines is 1. The topological polar surface area (TPSA) is 103 Å². The number of aromatic nitrogens is 2. The molecule has 146 valence electrons. The average Bonchev–Trinajstić information content (AvgIpc) is 2.70. The van der Waals surface area contributed by atoms with Crippen LogP contribution in [0.5, 0.6) is 0 Å². The molecule has 2 N–H and O–H groups in total. The van der Waals surface area contributed by atoms with Crippen LogP contribution in [0.4, 0.5) is 5.95 Å². The van der Waals surface area contributed by atoms with Gasteiger partial charge in [-0.2, -0.15) is 5.26 Å². The molecule has 2 aliphatic heterocycles. The fraction of sp³-hybridized carbons (Fsp3) is 0.368. The number of rotatable bonds is 6. The Morgan fingerprint density at radius 2 is 2.39 bits per heavy atom. The summed E-state index contributed by atoms with van der Waals surface area (Å²) in [5.74, 6) is 0.478. The van der Waals surface area contributed by atoms with Gasteiger partial charge in [-0.3, -0.25) is 4.79 Å². The highest BCUT2D eigenvalue weighted by atomic mass is 79.9. The number of ether oxygens (including phenoxy) is 1. The molecule has 0 aromatic carbocycles. The van der Waals surface area contributed by atoms with Gasteiger partial charge in [0, 0.05) is 36.5 Å². The zero-order valence-electron chi connectivity index (χ0n) is 15.5. The minimum atomic E-state index is 0.0260. The summed E-state index contributed by atoms with van der Waals surface area (Å²) in [6.07, 6.45) is 7.95. The molecule has 2 aliphatic rings. The molecule has 8 nitrogen and oxygen atoms in total. The number of carbonyl (C=O) groups excluding carboxylic acids is 1. The van der Waals surface area contributed by atoms with E-state index >= 15 is 0 Å². The zero-order valence-corrected chi connectivity index (χ0v) is 17.1. The second-order valence-electron chi connectivity index (χ2n) is 6.32. The lowest BCUT2D eigenvalue weighted by Crippen LogP contribution is -2.42. The highest BCUT2D eigenvalue weighted by Gasteiger charge is 2.18. The minimum absolute atomic E-state index is 0.0260. The number of halogens is 1. The minimum Gasteiger partial charge on any atom is -0.370 e. The van der Waals surface area contributed by atoms with Crippen molar-refractivity contribution in [1.82, 2.24) is 20.2 Å². The molecular weight excluding hydrogens is 424 g/mol. The number of hydrogen-bond donors (Lipinski definition) is 2. The van der Waals surface area contributed by atoms with Gasteiger partial charge in [-0.05, 0) is 47.0 Å². The number of morpholine rings is 1. The van der Waals surface area contributed by atoms with Gasteiger partial charge in [0.15, 0.2) is 0 Å². The largest absolute Gasteiger partial charge is 0.370 e. The monoisotopic (exact) mass is 444 g/mol. The van der Waals surface area contributed by atoms with Crippen LogP contribution in [0, 0.1) is 18.3 Å². The number of amides is 1. The molecule has 9 heteroatoms. The molecule has 1 saturated heterocycles. The number of aryl methyl sites for hydroxylation is 1. The molecule has 3 rings (SSSR count). The molecule has 0 unspecified atom stereocenters. The van der Waals surface area contributed by atoms with E-state index in [2.05, 4.69) is 42.6 Å². The van der Waals surface area contributed by atoms with Gasteiger partial charge in [-0.1, -0.05) is 0 Å². The van der Waals surface area contributed by atoms with Crippen LogP contribution in [0.3, 0.4) is 0 Å². The van der Waals surface area contributed by atoms with Crippen molar-refractivity contribution in [3.8, 4) is 6.07 Å². The van der Waals surface area contributed by atoms with Crippen LogP contribution in [0.25, 0.3) is 5.57 Å². The van der Waals surface area contributed by atoms with E-state index in [0.717, 1.165) is 16.5 Å². The average molecular weight is 445 g/mol. The number of nitrogens with zero attached hydrogens (tertiary/aromatic N) is 4. The lowest BCUT2D eigenvalue weighted by molar-refractivity contribution is -0.142. The summed E-state index contributed by atoms with van der Waals surface area (Å²) >= 11 is 3.47. The van der Waals surface area contributed by atoms with Crippen LogP contribution in [0.2, 0.25) is 0 Å². The lowest BCUT2D eigenvalue weighted by Gasteiger charge is -2.26. The van der Waals surface area contributed by atoms with Crippen molar-refractivity contribution < 1.29 is 9.53 Å². The van der Waals surface area contributed by atoms with Gasteiger partial charge in [-0.25, -0.2) is 9.97 Å². The fourth-order valence-corrected chi connectivity index (χ4v) is 3.34. The highest BCUT2D eigenvalue weighted by molar-refractivity contribution is 9.12. The number of allylic oxidation sites excluding steroid dienone is 4. The highest BCUT2D eigenvalue weighted by Crippen LogP contribution is 2.27. The Labute approximate surface area is 172 Å². The quantitative estimate of drug-likeness (QED) is 0.511. The van der Waals surface area contributed by atoms with Crippen molar-refractivity contribution in [2.45, 2.75) is 13.3 Å². The molecule has 1 fully saturated rings. The van der Waals surface area contributed by atoms with Gasteiger partial charge in [0.05, 0.1) is 18.0 Å². The van der Waals surface area contributed by atoms with Crippen LogP contribution in [-0.4, -0.2) is 53.6 Å². The molecule has 1 amide bonds. The second-order valence-corrected chi connectivity index (χ2v) is 7.17. The van der Waals surface area contributed by atoms with Gasteiger partial charge in [-0.15, -0.1) is 0 Å². The van der Waals surface area contributed by atoms with Crippen molar-refractivity contribution in [3.63, 3.8) is 0 Å². The maximum Gasteiger partial charge on any atom is 0.248 e. The van der Waals surface area contributed by atoms with Crippen LogP contribution >= 0.6 is 15.9 Å². The van der Waals surface area contributed by atoms with Gasteiger partial charge < -0.3 is 20.3 Å². The molecular formula is C19H21BrN6O2. The first-order chi connectivity index (χ1) is 13.6. The van der Waals surface area contributed by atoms with Crippen LogP contribution in [-0.2, 0) is 9.53 Å². The van der Waals surface area contributed by atoms with Crippen molar-refractivity contribution in [2.75, 3.05) is 38.2 Å². The fourth-order valence-electron chi connectivity index (χ4n) is 2.87. The SMILES string of the molecule is Cc1cnc(NCCCN2CCOCC2=O)nc1/C(C#N)=C1/NC=CC=C1Br. The van der Waals surface area contributed by atoms with Gasteiger partial charge in [0.2, 0.25) is 11.9 Å². The normalized spacial score (nSPS) is 18.2. The summed E-state index contributed by atoms with van der Waals surface area (Å²) < 4.78 is 5.91. The third-order valence-electron chi connectivity index (χ3n) is 4.35. The van der Waals surface area contributed by atoms with Crippen molar-refractivity contribution in [2.24, 2.45) is 0 Å². The van der Waals surface area contributed by atoms with Crippen molar-refractivity contribution in [1.29, 1.82) is 5.26 Å². The Bertz CT molecular complexity index is 887. The standard InChI is InChI=1S/C19H21BrN6O2/c1-13-11-24-19(23-6-3-7-26-8-9-28-12-16(26)27)25-17(13)14(10-21)18-15(20)4-2-5-22-18/h2,4-5,11,22H,3,6-9,12H2,1H3,(H,23,24,25)/b18-14+. The summed E-state index contributed by atoms with van der Waals surface area (Å²) in [5, 5.41) is 16.0. The molecule has 1 aromatic rings. The molecule has 1 aromatic heterocycles. The van der Waals surface area contributed by atoms with E-state index in [1.165, 1.54) is 0 Å². The van der Waals surface area contributed by atoms with E-state index in [9.17, 15) is 10.1 Å². The summed E-state index contributed by atoms with van der Waals surface area (Å²) in [4.78, 5) is 22.4. The summed E-state index contributed by atoms with van der Waals surface area (Å²) in [5.41, 5.74) is 2.49. The molecule has 0 spiro atoms. The molecule has 0 atom stereocenters. The Hall–Kier alpha value is -2.70. The Morgan fingerprint density at radius 3 is 3.14 bits per heavy atom. The predicted molar refractivity (Wildman–Crippen MR) is 109 cm³/mol. The maximum atomic E-state index is 11.7. The first-order valence-corrected chi connectivity index (χ1v) is 9.76. The number of nitrogens with one attached hydrogen (secondary N) is 2. The van der Waals surface area contributed by atoms with E-state index in [1.807, 2.05) is 19.1 Å². The maximum absolute atomic E-state index is 11.7. The van der Waals surface area contributed by atoms with E-state index < -0.39 is 0 Å². The Balaban J connectivity index is 1.67. The molecule has 0 aliphatic carbocycles. The Kier molecular flexibility index (Phi) is 6.79. The molecule has 0 saturated carbocycles. The first-order valence-electron chi connectivity index (χ1n) is 8.97. The summed E-state index contributed by atoms with van der Waals surface area (Å²) in [6.45, 7) is 4.54. The summed E-state index contributed by atoms with van der Waals surface area (Å²) in [7, 11) is 0. The molecule has 0 bridgehead atoms. The smallest absolute Gasteiger partial charge is 0.248 e. The van der Waals surface area contributed by atoms with Crippen LogP contribution in [0.1, 0.15) is 17.7 Å². The van der Waals surface area contributed by atoms with E-state index in [4.69, 9.17) is 4.74 Å². The van der Waals surface area contributed by atoms with Gasteiger partial charge in [0.25, 0.3) is 0 Å². The van der Waals surface area contributed by atoms with Crippen LogP contribution in [0.15, 0.2) is 34.7 Å². The number of hydrogen-bond acceptors (Lipinski definition) is 7. The Morgan fingerprint density at radius 1 is 1.54 bits per heavy atom. The molecule has 28 heavy (non-hydrogen) atoms.